The van der Waals surface area contributed by atoms with Gasteiger partial charge in [-0.25, -0.2) is 18.7 Å². The molecule has 0 atom stereocenters. The summed E-state index contributed by atoms with van der Waals surface area (Å²) in [6.45, 7) is 0. The molecule has 0 aliphatic carbocycles. The van der Waals surface area contributed by atoms with Gasteiger partial charge in [-0.05, 0) is 70.1 Å². The van der Waals surface area contributed by atoms with E-state index in [1.165, 1.54) is 30.5 Å². The topological polar surface area (TPSA) is 149 Å². The highest BCUT2D eigenvalue weighted by Crippen LogP contribution is 2.26. The highest BCUT2D eigenvalue weighted by molar-refractivity contribution is 6.31. The Balaban J connectivity index is 0.000000157. The third-order valence-electron chi connectivity index (χ3n) is 6.74. The minimum atomic E-state index is -1.02. The summed E-state index contributed by atoms with van der Waals surface area (Å²) in [6, 6.07) is 16.3. The van der Waals surface area contributed by atoms with Gasteiger partial charge in [0.1, 0.15) is 11.6 Å². The standard InChI is InChI=1S/C15H10ClFN6.C15H10ClFN2O2/c16-11-2-1-8(6-12(11)17)5-9-7-13-14(19-9)10(3-4-18-13)15-20-22-23-21-15;16-11-2-1-8(6-12(11)17)5-9-7-13-14(19-9)10(15(20)21)3-4-18-13/h1-4,6-7,19H,5H2,(H,20,21,22,23);1-4,6-7,19H,5H2,(H,20,21). The molecule has 0 saturated carbocycles. The average Bonchev–Trinajstić information content (AvgIpc) is 3.76. The van der Waals surface area contributed by atoms with Crippen molar-refractivity contribution in [3.63, 3.8) is 0 Å². The van der Waals surface area contributed by atoms with Crippen LogP contribution in [0.3, 0.4) is 0 Å². The van der Waals surface area contributed by atoms with Crippen molar-refractivity contribution in [3.8, 4) is 11.4 Å². The second-order valence-electron chi connectivity index (χ2n) is 9.73. The number of hydrogen-bond donors (Lipinski definition) is 4. The van der Waals surface area contributed by atoms with Crippen molar-refractivity contribution in [1.82, 2.24) is 40.6 Å². The molecule has 0 radical (unpaired) electrons. The molecule has 10 nitrogen and oxygen atoms in total. The number of tetrazole rings is 1. The predicted octanol–water partition coefficient (Wildman–Crippen LogP) is 6.77. The van der Waals surface area contributed by atoms with Gasteiger partial charge in [-0.2, -0.15) is 0 Å². The van der Waals surface area contributed by atoms with E-state index < -0.39 is 17.6 Å². The van der Waals surface area contributed by atoms with Gasteiger partial charge in [-0.1, -0.05) is 35.3 Å². The number of aromatic nitrogens is 8. The van der Waals surface area contributed by atoms with Gasteiger partial charge in [-0.3, -0.25) is 9.97 Å². The molecule has 0 amide bonds. The number of carboxylic acids is 1. The Morgan fingerprint density at radius 2 is 1.34 bits per heavy atom. The van der Waals surface area contributed by atoms with E-state index in [9.17, 15) is 13.6 Å². The SMILES string of the molecule is Fc1cc(Cc2cc3nccc(-c4nnn[nH]4)c3[nH]2)ccc1Cl.O=C(O)c1ccnc2cc(Cc3ccc(Cl)c(F)c3)[nH]c12. The monoisotopic (exact) mass is 632 g/mol. The molecule has 0 bridgehead atoms. The maximum Gasteiger partial charge on any atom is 0.337 e. The Morgan fingerprint density at radius 3 is 1.89 bits per heavy atom. The molecule has 7 aromatic rings. The summed E-state index contributed by atoms with van der Waals surface area (Å²) in [5, 5.41) is 23.2. The normalized spacial score (nSPS) is 11.1. The molecular formula is C30H20Cl2F2N8O2. The molecule has 7 rings (SSSR count). The highest BCUT2D eigenvalue weighted by Gasteiger charge is 2.14. The van der Waals surface area contributed by atoms with Gasteiger partial charge in [-0.15, -0.1) is 5.10 Å². The fourth-order valence-corrected chi connectivity index (χ4v) is 4.97. The van der Waals surface area contributed by atoms with Crippen LogP contribution < -0.4 is 0 Å². The van der Waals surface area contributed by atoms with Crippen LogP contribution in [0.15, 0.2) is 73.1 Å². The highest BCUT2D eigenvalue weighted by atomic mass is 35.5. The molecule has 0 fully saturated rings. The summed E-state index contributed by atoms with van der Waals surface area (Å²) in [7, 11) is 0. The van der Waals surface area contributed by atoms with Crippen LogP contribution in [0.25, 0.3) is 33.5 Å². The minimum absolute atomic E-state index is 0.0743. The zero-order chi connectivity index (χ0) is 30.8. The molecule has 0 spiro atoms. The third kappa shape index (κ3) is 6.12. The van der Waals surface area contributed by atoms with Gasteiger partial charge in [0.15, 0.2) is 5.82 Å². The lowest BCUT2D eigenvalue weighted by atomic mass is 10.1. The molecular weight excluding hydrogens is 613 g/mol. The van der Waals surface area contributed by atoms with Crippen molar-refractivity contribution in [2.24, 2.45) is 0 Å². The Morgan fingerprint density at radius 1 is 0.773 bits per heavy atom. The van der Waals surface area contributed by atoms with Gasteiger partial charge >= 0.3 is 5.97 Å². The van der Waals surface area contributed by atoms with Gasteiger partial charge < -0.3 is 15.1 Å². The molecule has 0 aliphatic rings. The summed E-state index contributed by atoms with van der Waals surface area (Å²) < 4.78 is 27.0. The van der Waals surface area contributed by atoms with E-state index in [4.69, 9.17) is 28.3 Å². The van der Waals surface area contributed by atoms with Gasteiger partial charge in [0.05, 0.1) is 37.7 Å². The largest absolute Gasteiger partial charge is 0.478 e. The zero-order valence-electron chi connectivity index (χ0n) is 22.4. The lowest BCUT2D eigenvalue weighted by Crippen LogP contribution is -1.98. The number of rotatable bonds is 6. The Bertz CT molecular complexity index is 2130. The van der Waals surface area contributed by atoms with Crippen LogP contribution in [0.4, 0.5) is 8.78 Å². The van der Waals surface area contributed by atoms with Gasteiger partial charge in [0.25, 0.3) is 0 Å². The van der Waals surface area contributed by atoms with Crippen LogP contribution in [0, 0.1) is 11.6 Å². The number of carboxylic acid groups (broad SMARTS) is 1. The Hall–Kier alpha value is -5.20. The van der Waals surface area contributed by atoms with E-state index in [1.54, 1.807) is 30.5 Å². The fraction of sp³-hybridized carbons (Fsp3) is 0.0667. The molecule has 0 saturated heterocycles. The van der Waals surface area contributed by atoms with E-state index in [1.807, 2.05) is 12.1 Å². The van der Waals surface area contributed by atoms with Crippen LogP contribution in [0.2, 0.25) is 10.0 Å². The van der Waals surface area contributed by atoms with Crippen LogP contribution in [0.5, 0.6) is 0 Å². The molecule has 220 valence electrons. The van der Waals surface area contributed by atoms with Crippen LogP contribution >= 0.6 is 23.2 Å². The summed E-state index contributed by atoms with van der Waals surface area (Å²) in [6.07, 6.45) is 4.12. The van der Waals surface area contributed by atoms with E-state index in [0.717, 1.165) is 39.1 Å². The number of benzene rings is 2. The number of H-pyrrole nitrogens is 3. The molecule has 2 aromatic carbocycles. The smallest absolute Gasteiger partial charge is 0.337 e. The van der Waals surface area contributed by atoms with Crippen LogP contribution in [0.1, 0.15) is 32.9 Å². The van der Waals surface area contributed by atoms with Gasteiger partial charge in [0, 0.05) is 42.2 Å². The number of pyridine rings is 2. The summed E-state index contributed by atoms with van der Waals surface area (Å²) in [5.41, 5.74) is 6.87. The lowest BCUT2D eigenvalue weighted by Gasteiger charge is -2.01. The first-order chi connectivity index (χ1) is 21.2. The molecule has 44 heavy (non-hydrogen) atoms. The number of hydrogen-bond acceptors (Lipinski definition) is 6. The first kappa shape index (κ1) is 28.9. The second kappa shape index (κ2) is 12.2. The first-order valence-corrected chi connectivity index (χ1v) is 13.8. The predicted molar refractivity (Wildman–Crippen MR) is 161 cm³/mol. The van der Waals surface area contributed by atoms with Crippen LogP contribution in [-0.4, -0.2) is 51.6 Å². The van der Waals surface area contributed by atoms with E-state index >= 15 is 0 Å². The Labute approximate surface area is 257 Å². The van der Waals surface area contributed by atoms with Crippen molar-refractivity contribution in [2.75, 3.05) is 0 Å². The summed E-state index contributed by atoms with van der Waals surface area (Å²) in [5.74, 6) is -1.36. The van der Waals surface area contributed by atoms with E-state index in [2.05, 4.69) is 40.6 Å². The fourth-order valence-electron chi connectivity index (χ4n) is 4.74. The number of nitrogens with zero attached hydrogens (tertiary/aromatic N) is 5. The maximum absolute atomic E-state index is 13.6. The molecule has 14 heteroatoms. The van der Waals surface area contributed by atoms with Gasteiger partial charge in [0.2, 0.25) is 0 Å². The minimum Gasteiger partial charge on any atom is -0.478 e. The van der Waals surface area contributed by atoms with Crippen molar-refractivity contribution < 1.29 is 18.7 Å². The second-order valence-corrected chi connectivity index (χ2v) is 10.5. The zero-order valence-corrected chi connectivity index (χ0v) is 24.0. The Kier molecular flexibility index (Phi) is 8.01. The number of aromatic amines is 3. The van der Waals surface area contributed by atoms with Crippen molar-refractivity contribution in [3.05, 3.63) is 123 Å². The number of carbonyl (C=O) groups is 1. The molecule has 0 aliphatic heterocycles. The number of nitrogens with one attached hydrogen (secondary N) is 3. The van der Waals surface area contributed by atoms with E-state index in [0.29, 0.717) is 29.7 Å². The average molecular weight is 633 g/mol. The van der Waals surface area contributed by atoms with Crippen molar-refractivity contribution in [1.29, 1.82) is 0 Å². The lowest BCUT2D eigenvalue weighted by molar-refractivity contribution is 0.0698. The number of halogens is 4. The quantitative estimate of drug-likeness (QED) is 0.158. The molecule has 4 N–H and O–H groups in total. The summed E-state index contributed by atoms with van der Waals surface area (Å²) >= 11 is 11.4. The van der Waals surface area contributed by atoms with E-state index in [-0.39, 0.29) is 15.6 Å². The van der Waals surface area contributed by atoms with Crippen molar-refractivity contribution in [2.45, 2.75) is 12.8 Å². The summed E-state index contributed by atoms with van der Waals surface area (Å²) in [4.78, 5) is 25.9. The molecule has 5 heterocycles. The molecule has 5 aromatic heterocycles. The number of aromatic carboxylic acids is 1. The van der Waals surface area contributed by atoms with Crippen molar-refractivity contribution >= 4 is 51.2 Å². The first-order valence-electron chi connectivity index (χ1n) is 13.0. The third-order valence-corrected chi connectivity index (χ3v) is 7.35. The number of fused-ring (bicyclic) bond motifs is 2. The maximum atomic E-state index is 13.6. The molecule has 0 unspecified atom stereocenters. The van der Waals surface area contributed by atoms with Crippen LogP contribution in [-0.2, 0) is 12.8 Å².